The molecule has 0 atom stereocenters. The monoisotopic (exact) mass is 414 g/mol. The van der Waals surface area contributed by atoms with E-state index in [1.165, 1.54) is 18.5 Å². The van der Waals surface area contributed by atoms with Crippen LogP contribution in [0.3, 0.4) is 0 Å². The number of nitrogens with zero attached hydrogens (tertiary/aromatic N) is 2. The van der Waals surface area contributed by atoms with E-state index in [1.54, 1.807) is 36.4 Å². The number of ether oxygens (including phenoxy) is 1. The minimum Gasteiger partial charge on any atom is -0.433 e. The molecule has 0 aliphatic carbocycles. The van der Waals surface area contributed by atoms with Gasteiger partial charge in [-0.2, -0.15) is 8.78 Å². The van der Waals surface area contributed by atoms with Gasteiger partial charge in [0.2, 0.25) is 0 Å². The molecule has 3 aromatic rings. The highest BCUT2D eigenvalue weighted by Gasteiger charge is 2.22. The van der Waals surface area contributed by atoms with Crippen molar-refractivity contribution >= 4 is 17.4 Å². The summed E-state index contributed by atoms with van der Waals surface area (Å²) in [4.78, 5) is 20.5. The van der Waals surface area contributed by atoms with Gasteiger partial charge < -0.3 is 20.5 Å². The quantitative estimate of drug-likeness (QED) is 0.521. The van der Waals surface area contributed by atoms with Gasteiger partial charge >= 0.3 is 6.11 Å². The molecule has 30 heavy (non-hydrogen) atoms. The van der Waals surface area contributed by atoms with Crippen LogP contribution in [0.15, 0.2) is 60.9 Å². The van der Waals surface area contributed by atoms with Gasteiger partial charge in [-0.3, -0.25) is 4.79 Å². The first-order valence-electron chi connectivity index (χ1n) is 9.09. The number of anilines is 2. The Morgan fingerprint density at radius 1 is 1.13 bits per heavy atom. The van der Waals surface area contributed by atoms with Crippen molar-refractivity contribution in [3.05, 3.63) is 66.5 Å². The minimum absolute atomic E-state index is 0.0488. The topological polar surface area (TPSA) is 96.4 Å². The number of aliphatic hydroxyl groups excluding tert-OH is 1. The molecule has 3 N–H and O–H groups in total. The molecule has 0 saturated carbocycles. The summed E-state index contributed by atoms with van der Waals surface area (Å²) in [7, 11) is 0. The number of rotatable bonds is 8. The highest BCUT2D eigenvalue weighted by molar-refractivity contribution is 5.95. The number of halogens is 2. The van der Waals surface area contributed by atoms with Crippen LogP contribution >= 0.6 is 0 Å². The third-order valence-electron chi connectivity index (χ3n) is 3.91. The lowest BCUT2D eigenvalue weighted by atomic mass is 10.1. The first kappa shape index (κ1) is 21.1. The molecule has 9 heteroatoms. The third-order valence-corrected chi connectivity index (χ3v) is 3.91. The lowest BCUT2D eigenvalue weighted by molar-refractivity contribution is -0.158. The van der Waals surface area contributed by atoms with E-state index in [0.29, 0.717) is 35.2 Å². The molecule has 1 amide bonds. The summed E-state index contributed by atoms with van der Waals surface area (Å²) >= 11 is 0. The van der Waals surface area contributed by atoms with Crippen LogP contribution in [0.5, 0.6) is 5.75 Å². The Kier molecular flexibility index (Phi) is 6.53. The molecule has 7 nitrogen and oxygen atoms in total. The first-order chi connectivity index (χ1) is 14.3. The molecule has 0 spiro atoms. The van der Waals surface area contributed by atoms with Crippen molar-refractivity contribution in [3.63, 3.8) is 0 Å². The van der Waals surface area contributed by atoms with Crippen LogP contribution in [0, 0.1) is 0 Å². The molecule has 0 bridgehead atoms. The molecule has 0 saturated heterocycles. The van der Waals surface area contributed by atoms with Gasteiger partial charge in [-0.05, 0) is 36.4 Å². The molecule has 0 unspecified atom stereocenters. The Hall–Kier alpha value is -3.59. The van der Waals surface area contributed by atoms with Gasteiger partial charge in [-0.25, -0.2) is 9.97 Å². The highest BCUT2D eigenvalue weighted by Crippen LogP contribution is 2.25. The Labute approximate surface area is 171 Å². The van der Waals surface area contributed by atoms with Gasteiger partial charge in [0.05, 0.1) is 12.3 Å². The van der Waals surface area contributed by atoms with Crippen molar-refractivity contribution in [2.24, 2.45) is 0 Å². The number of benzene rings is 2. The molecule has 2 aromatic carbocycles. The van der Waals surface area contributed by atoms with E-state index in [0.717, 1.165) is 0 Å². The Morgan fingerprint density at radius 2 is 1.90 bits per heavy atom. The Morgan fingerprint density at radius 3 is 2.60 bits per heavy atom. The highest BCUT2D eigenvalue weighted by atomic mass is 19.3. The summed E-state index contributed by atoms with van der Waals surface area (Å²) in [6.07, 6.45) is -1.87. The van der Waals surface area contributed by atoms with Crippen LogP contribution in [0.4, 0.5) is 20.3 Å². The number of hydrogen-bond acceptors (Lipinski definition) is 6. The van der Waals surface area contributed by atoms with Crippen LogP contribution < -0.4 is 15.4 Å². The smallest absolute Gasteiger partial charge is 0.394 e. The maximum atomic E-state index is 12.9. The van der Waals surface area contributed by atoms with E-state index < -0.39 is 6.11 Å². The lowest BCUT2D eigenvalue weighted by Gasteiger charge is -2.13. The third kappa shape index (κ3) is 5.95. The molecule has 3 rings (SSSR count). The van der Waals surface area contributed by atoms with Crippen LogP contribution in [-0.2, 0) is 0 Å². The van der Waals surface area contributed by atoms with E-state index in [-0.39, 0.29) is 24.8 Å². The van der Waals surface area contributed by atoms with E-state index in [4.69, 9.17) is 5.11 Å². The fourth-order valence-corrected chi connectivity index (χ4v) is 2.64. The van der Waals surface area contributed by atoms with Crippen LogP contribution in [0.2, 0.25) is 0 Å². The van der Waals surface area contributed by atoms with Crippen molar-refractivity contribution in [1.82, 2.24) is 15.3 Å². The molecular formula is C21H20F2N4O3. The number of alkyl halides is 2. The average Bonchev–Trinajstić information content (AvgIpc) is 2.73. The normalized spacial score (nSPS) is 11.1. The number of carbonyl (C=O) groups is 1. The number of amides is 1. The molecule has 1 heterocycles. The van der Waals surface area contributed by atoms with E-state index in [1.807, 2.05) is 6.07 Å². The second-order valence-electron chi connectivity index (χ2n) is 6.41. The Balaban J connectivity index is 1.74. The zero-order valence-corrected chi connectivity index (χ0v) is 16.1. The van der Waals surface area contributed by atoms with Gasteiger partial charge in [0.1, 0.15) is 17.9 Å². The van der Waals surface area contributed by atoms with Crippen molar-refractivity contribution < 1.29 is 23.4 Å². The second-order valence-corrected chi connectivity index (χ2v) is 6.41. The summed E-state index contributed by atoms with van der Waals surface area (Å²) < 4.78 is 30.3. The van der Waals surface area contributed by atoms with Gasteiger partial charge in [0, 0.05) is 36.3 Å². The number of carbonyl (C=O) groups excluding carboxylic acids is 1. The average molecular weight is 414 g/mol. The standard InChI is InChI=1S/C21H20F2N4O3/c1-21(22,23)30-17-7-5-16(6-8-17)27-19-12-18(25-13-26-19)14-3-2-4-15(11-14)20(29)24-9-10-28/h2-8,11-13,28H,9-10H2,1H3,(H,24,29)(H,25,26,27). The van der Waals surface area contributed by atoms with Crippen LogP contribution in [0.25, 0.3) is 11.3 Å². The summed E-state index contributed by atoms with van der Waals surface area (Å²) in [5.74, 6) is 0.246. The van der Waals surface area contributed by atoms with Gasteiger partial charge in [0.15, 0.2) is 0 Å². The maximum absolute atomic E-state index is 12.9. The lowest BCUT2D eigenvalue weighted by Crippen LogP contribution is -2.26. The second kappa shape index (κ2) is 9.27. The molecule has 1 aromatic heterocycles. The molecule has 0 aliphatic heterocycles. The Bertz CT molecular complexity index is 1010. The molecule has 0 fully saturated rings. The summed E-state index contributed by atoms with van der Waals surface area (Å²) in [5, 5.41) is 14.5. The maximum Gasteiger partial charge on any atom is 0.394 e. The SMILES string of the molecule is CC(F)(F)Oc1ccc(Nc2cc(-c3cccc(C(=O)NCCO)c3)ncn2)cc1. The molecule has 0 radical (unpaired) electrons. The van der Waals surface area contributed by atoms with Crippen molar-refractivity contribution in [3.8, 4) is 17.0 Å². The van der Waals surface area contributed by atoms with Crippen molar-refractivity contribution in [1.29, 1.82) is 0 Å². The molecular weight excluding hydrogens is 394 g/mol. The zero-order chi connectivity index (χ0) is 21.6. The van der Waals surface area contributed by atoms with Crippen LogP contribution in [0.1, 0.15) is 17.3 Å². The number of hydrogen-bond donors (Lipinski definition) is 3. The molecule has 156 valence electrons. The van der Waals surface area contributed by atoms with Crippen molar-refractivity contribution in [2.45, 2.75) is 13.0 Å². The van der Waals surface area contributed by atoms with Crippen LogP contribution in [-0.4, -0.2) is 40.2 Å². The fourth-order valence-electron chi connectivity index (χ4n) is 2.64. The van der Waals surface area contributed by atoms with Gasteiger partial charge in [0.25, 0.3) is 5.91 Å². The number of nitrogens with one attached hydrogen (secondary N) is 2. The predicted molar refractivity (Wildman–Crippen MR) is 108 cm³/mol. The van der Waals surface area contributed by atoms with E-state index >= 15 is 0 Å². The van der Waals surface area contributed by atoms with E-state index in [2.05, 4.69) is 25.3 Å². The number of aromatic nitrogens is 2. The first-order valence-corrected chi connectivity index (χ1v) is 9.09. The van der Waals surface area contributed by atoms with E-state index in [9.17, 15) is 13.6 Å². The predicted octanol–water partition coefficient (Wildman–Crippen LogP) is 3.60. The minimum atomic E-state index is -3.25. The zero-order valence-electron chi connectivity index (χ0n) is 16.1. The summed E-state index contributed by atoms with van der Waals surface area (Å²) in [6, 6.07) is 14.6. The largest absolute Gasteiger partial charge is 0.433 e. The van der Waals surface area contributed by atoms with Gasteiger partial charge in [-0.15, -0.1) is 0 Å². The molecule has 0 aliphatic rings. The number of aliphatic hydroxyl groups is 1. The fraction of sp³-hybridized carbons (Fsp3) is 0.190. The van der Waals surface area contributed by atoms with Gasteiger partial charge in [-0.1, -0.05) is 12.1 Å². The summed E-state index contributed by atoms with van der Waals surface area (Å²) in [6.45, 7) is 0.706. The van der Waals surface area contributed by atoms with Crippen molar-refractivity contribution in [2.75, 3.05) is 18.5 Å². The summed E-state index contributed by atoms with van der Waals surface area (Å²) in [5.41, 5.74) is 2.38.